The van der Waals surface area contributed by atoms with Crippen molar-refractivity contribution in [2.24, 2.45) is 0 Å². The maximum atomic E-state index is 12.9. The van der Waals surface area contributed by atoms with Crippen molar-refractivity contribution in [3.63, 3.8) is 0 Å². The van der Waals surface area contributed by atoms with Crippen LogP contribution >= 0.6 is 15.9 Å². The number of nitrogen functional groups attached to an aromatic ring is 2. The van der Waals surface area contributed by atoms with Crippen LogP contribution in [0.3, 0.4) is 0 Å². The van der Waals surface area contributed by atoms with Crippen LogP contribution in [-0.4, -0.2) is 15.1 Å². The zero-order valence-electron chi connectivity index (χ0n) is 10.6. The molecule has 1 aromatic heterocycles. The molecule has 0 aliphatic heterocycles. The number of aromatic nitrogens is 2. The number of hydrogen-bond donors (Lipinski definition) is 3. The zero-order valence-corrected chi connectivity index (χ0v) is 12.2. The topological polar surface area (TPSA) is 122 Å². The van der Waals surface area contributed by atoms with Gasteiger partial charge < -0.3 is 16.6 Å². The summed E-state index contributed by atoms with van der Waals surface area (Å²) in [6, 6.07) is 3.04. The number of phenols is 1. The molecule has 0 saturated heterocycles. The third kappa shape index (κ3) is 2.75. The summed E-state index contributed by atoms with van der Waals surface area (Å²) in [7, 11) is 0. The molecule has 0 amide bonds. The Morgan fingerprint density at radius 2 is 1.86 bits per heavy atom. The highest BCUT2D eigenvalue weighted by Crippen LogP contribution is 2.42. The molecule has 2 rings (SSSR count). The molecule has 0 spiro atoms. The molecule has 6 nitrogen and oxygen atoms in total. The number of anilines is 2. The fourth-order valence-electron chi connectivity index (χ4n) is 1.74. The summed E-state index contributed by atoms with van der Waals surface area (Å²) in [4.78, 5) is 7.28. The minimum Gasteiger partial charge on any atom is -0.506 e. The number of alkyl halides is 3. The molecule has 22 heavy (non-hydrogen) atoms. The van der Waals surface area contributed by atoms with Crippen LogP contribution in [0.1, 0.15) is 11.1 Å². The molecule has 2 aromatic rings. The number of hydrogen-bond acceptors (Lipinski definition) is 6. The minimum absolute atomic E-state index is 0.211. The van der Waals surface area contributed by atoms with Gasteiger partial charge in [0.25, 0.3) is 0 Å². The monoisotopic (exact) mass is 373 g/mol. The molecule has 0 bridgehead atoms. The maximum Gasteiger partial charge on any atom is 0.416 e. The van der Waals surface area contributed by atoms with Crippen LogP contribution in [0.15, 0.2) is 16.6 Å². The van der Waals surface area contributed by atoms with E-state index in [1.165, 1.54) is 0 Å². The van der Waals surface area contributed by atoms with Crippen molar-refractivity contribution in [3.05, 3.63) is 27.7 Å². The summed E-state index contributed by atoms with van der Waals surface area (Å²) in [5.74, 6) is -1.15. The molecule has 0 fully saturated rings. The quantitative estimate of drug-likeness (QED) is 0.706. The second kappa shape index (κ2) is 5.34. The Hall–Kier alpha value is -2.54. The van der Waals surface area contributed by atoms with E-state index in [1.807, 2.05) is 0 Å². The first-order valence-electron chi connectivity index (χ1n) is 5.58. The van der Waals surface area contributed by atoms with Gasteiger partial charge in [0.05, 0.1) is 15.7 Å². The van der Waals surface area contributed by atoms with Gasteiger partial charge in [0.15, 0.2) is 0 Å². The summed E-state index contributed by atoms with van der Waals surface area (Å²) in [6.07, 6.45) is -4.65. The molecule has 0 radical (unpaired) electrons. The molecule has 5 N–H and O–H groups in total. The van der Waals surface area contributed by atoms with Crippen molar-refractivity contribution < 1.29 is 18.3 Å². The minimum atomic E-state index is -4.65. The van der Waals surface area contributed by atoms with Crippen LogP contribution in [0.4, 0.5) is 24.9 Å². The number of nitrogens with zero attached hydrogens (tertiary/aromatic N) is 3. The Morgan fingerprint density at radius 1 is 1.23 bits per heavy atom. The molecular formula is C12H7BrF3N5O. The van der Waals surface area contributed by atoms with Crippen molar-refractivity contribution in [2.75, 3.05) is 11.5 Å². The first kappa shape index (κ1) is 15.8. The van der Waals surface area contributed by atoms with Gasteiger partial charge in [0.1, 0.15) is 23.2 Å². The molecule has 0 aliphatic carbocycles. The van der Waals surface area contributed by atoms with Gasteiger partial charge in [-0.2, -0.15) is 23.4 Å². The number of nitriles is 1. The lowest BCUT2D eigenvalue weighted by atomic mass is 10.0. The van der Waals surface area contributed by atoms with E-state index in [-0.39, 0.29) is 33.1 Å². The van der Waals surface area contributed by atoms with Crippen LogP contribution in [0.2, 0.25) is 0 Å². The van der Waals surface area contributed by atoms with Gasteiger partial charge >= 0.3 is 6.18 Å². The van der Waals surface area contributed by atoms with Gasteiger partial charge in [-0.1, -0.05) is 0 Å². The number of halogens is 4. The van der Waals surface area contributed by atoms with E-state index >= 15 is 0 Å². The Balaban J connectivity index is 2.84. The van der Waals surface area contributed by atoms with Gasteiger partial charge in [0, 0.05) is 5.56 Å². The van der Waals surface area contributed by atoms with Crippen LogP contribution in [0.5, 0.6) is 5.75 Å². The van der Waals surface area contributed by atoms with E-state index in [4.69, 9.17) is 16.7 Å². The molecule has 0 unspecified atom stereocenters. The highest BCUT2D eigenvalue weighted by molar-refractivity contribution is 9.10. The maximum absolute atomic E-state index is 12.9. The fraction of sp³-hybridized carbons (Fsp3) is 0.0833. The Kier molecular flexibility index (Phi) is 3.85. The van der Waals surface area contributed by atoms with Crippen molar-refractivity contribution in [2.45, 2.75) is 6.18 Å². The van der Waals surface area contributed by atoms with Gasteiger partial charge in [-0.05, 0) is 28.1 Å². The standard InChI is InChI=1S/C12H7BrF3N5O/c13-7-2-4(12(14,15)16)1-5(9(7)22)8-6(3-17)10(18)21-11(19)20-8/h1-2,22H,(H4,18,19,20,21). The molecule has 114 valence electrons. The van der Waals surface area contributed by atoms with Crippen molar-refractivity contribution in [1.82, 2.24) is 9.97 Å². The molecular weight excluding hydrogens is 367 g/mol. The van der Waals surface area contributed by atoms with Gasteiger partial charge in [0.2, 0.25) is 5.95 Å². The van der Waals surface area contributed by atoms with E-state index in [0.717, 1.165) is 0 Å². The number of nitrogens with two attached hydrogens (primary N) is 2. The summed E-state index contributed by atoms with van der Waals surface area (Å²) in [5.41, 5.74) is 8.99. The second-order valence-electron chi connectivity index (χ2n) is 4.15. The molecule has 0 aliphatic rings. The average molecular weight is 374 g/mol. The lowest BCUT2D eigenvalue weighted by Crippen LogP contribution is -2.08. The van der Waals surface area contributed by atoms with Crippen molar-refractivity contribution >= 4 is 27.7 Å². The molecule has 1 heterocycles. The SMILES string of the molecule is N#Cc1c(N)nc(N)nc1-c1cc(C(F)(F)F)cc(Br)c1O. The molecule has 10 heteroatoms. The van der Waals surface area contributed by atoms with Crippen LogP contribution in [-0.2, 0) is 6.18 Å². The summed E-state index contributed by atoms with van der Waals surface area (Å²) >= 11 is 2.83. The predicted octanol–water partition coefficient (Wildman–Crippen LogP) is 2.67. The molecule has 1 aromatic carbocycles. The predicted molar refractivity (Wildman–Crippen MR) is 75.4 cm³/mol. The third-order valence-corrected chi connectivity index (χ3v) is 3.32. The van der Waals surface area contributed by atoms with E-state index in [1.54, 1.807) is 6.07 Å². The summed E-state index contributed by atoms with van der Waals surface area (Å²) in [5, 5.41) is 19.1. The van der Waals surface area contributed by atoms with Crippen molar-refractivity contribution in [1.29, 1.82) is 5.26 Å². The Bertz CT molecular complexity index is 801. The number of phenolic OH excluding ortho intramolecular Hbond substituents is 1. The van der Waals surface area contributed by atoms with Gasteiger partial charge in [-0.3, -0.25) is 0 Å². The zero-order chi connectivity index (χ0) is 16.7. The molecule has 0 atom stereocenters. The van der Waals surface area contributed by atoms with E-state index < -0.39 is 17.5 Å². The van der Waals surface area contributed by atoms with Crippen LogP contribution in [0.25, 0.3) is 11.3 Å². The lowest BCUT2D eigenvalue weighted by Gasteiger charge is -2.13. The number of aromatic hydroxyl groups is 1. The van der Waals surface area contributed by atoms with Crippen LogP contribution < -0.4 is 11.5 Å². The summed E-state index contributed by atoms with van der Waals surface area (Å²) < 4.78 is 38.4. The van der Waals surface area contributed by atoms with Gasteiger partial charge in [-0.25, -0.2) is 4.98 Å². The Labute approximate surface area is 130 Å². The normalized spacial score (nSPS) is 11.2. The fourth-order valence-corrected chi connectivity index (χ4v) is 2.20. The first-order chi connectivity index (χ1) is 10.1. The highest BCUT2D eigenvalue weighted by Gasteiger charge is 2.33. The number of benzene rings is 1. The van der Waals surface area contributed by atoms with Crippen molar-refractivity contribution in [3.8, 4) is 23.1 Å². The largest absolute Gasteiger partial charge is 0.506 e. The average Bonchev–Trinajstić information content (AvgIpc) is 2.39. The van der Waals surface area contributed by atoms with E-state index in [9.17, 15) is 18.3 Å². The second-order valence-corrected chi connectivity index (χ2v) is 5.01. The van der Waals surface area contributed by atoms with Gasteiger partial charge in [-0.15, -0.1) is 0 Å². The molecule has 0 saturated carbocycles. The third-order valence-electron chi connectivity index (χ3n) is 2.71. The first-order valence-corrected chi connectivity index (χ1v) is 6.37. The number of rotatable bonds is 1. The highest BCUT2D eigenvalue weighted by atomic mass is 79.9. The smallest absolute Gasteiger partial charge is 0.416 e. The Morgan fingerprint density at radius 3 is 2.41 bits per heavy atom. The van der Waals surface area contributed by atoms with E-state index in [0.29, 0.717) is 12.1 Å². The lowest BCUT2D eigenvalue weighted by molar-refractivity contribution is -0.137. The van der Waals surface area contributed by atoms with Crippen LogP contribution in [0, 0.1) is 11.3 Å². The van der Waals surface area contributed by atoms with E-state index in [2.05, 4.69) is 25.9 Å². The summed E-state index contributed by atoms with van der Waals surface area (Å²) in [6.45, 7) is 0.